The van der Waals surface area contributed by atoms with E-state index in [1.54, 1.807) is 0 Å². The molecule has 0 atom stereocenters. The van der Waals surface area contributed by atoms with Crippen LogP contribution in [0.2, 0.25) is 0 Å². The van der Waals surface area contributed by atoms with Crippen molar-refractivity contribution in [3.8, 4) is 11.5 Å². The Bertz CT molecular complexity index is 570. The van der Waals surface area contributed by atoms with E-state index >= 15 is 0 Å². The maximum Gasteiger partial charge on any atom is 0.122 e. The van der Waals surface area contributed by atoms with Crippen LogP contribution in [0.15, 0.2) is 12.1 Å². The van der Waals surface area contributed by atoms with Gasteiger partial charge in [0.1, 0.15) is 11.5 Å². The van der Waals surface area contributed by atoms with Crippen molar-refractivity contribution in [1.82, 2.24) is 0 Å². The van der Waals surface area contributed by atoms with Crippen molar-refractivity contribution in [1.29, 1.82) is 0 Å². The van der Waals surface area contributed by atoms with Gasteiger partial charge in [0.2, 0.25) is 0 Å². The highest BCUT2D eigenvalue weighted by molar-refractivity contribution is 5.45. The van der Waals surface area contributed by atoms with Gasteiger partial charge in [-0.1, -0.05) is 53.4 Å². The molecule has 0 unspecified atom stereocenters. The third kappa shape index (κ3) is 6.85. The van der Waals surface area contributed by atoms with Gasteiger partial charge >= 0.3 is 0 Å². The second-order valence-electron chi connectivity index (χ2n) is 9.70. The quantitative estimate of drug-likeness (QED) is 0.388. The number of rotatable bonds is 12. The number of aromatic hydroxyl groups is 2. The Morgan fingerprint density at radius 3 is 2.31 bits per heavy atom. The summed E-state index contributed by atoms with van der Waals surface area (Å²) in [6.45, 7) is 9.33. The average molecular weight is 361 g/mol. The molecule has 1 aromatic carbocycles. The highest BCUT2D eigenvalue weighted by atomic mass is 16.3. The van der Waals surface area contributed by atoms with E-state index in [0.717, 1.165) is 36.8 Å². The van der Waals surface area contributed by atoms with Crippen LogP contribution in [-0.4, -0.2) is 10.2 Å². The number of unbranched alkanes of at least 4 members (excludes halogenated alkanes) is 3. The fraction of sp³-hybridized carbons (Fsp3) is 0.750. The standard InChI is InChI=1S/C24H40O2/c1-5-23(2,3)13-10-8-11-19-17-20(25)18-22(26)21(19)12-7-6-9-14-24(4)15-16-24/h17-18,25-26H,5-16H2,1-4H3. The molecule has 0 bridgehead atoms. The summed E-state index contributed by atoms with van der Waals surface area (Å²) in [6, 6.07) is 3.37. The van der Waals surface area contributed by atoms with Gasteiger partial charge in [0.05, 0.1) is 0 Å². The summed E-state index contributed by atoms with van der Waals surface area (Å²) in [5.41, 5.74) is 3.28. The van der Waals surface area contributed by atoms with Crippen molar-refractivity contribution >= 4 is 0 Å². The molecule has 0 saturated heterocycles. The Hall–Kier alpha value is -1.18. The summed E-state index contributed by atoms with van der Waals surface area (Å²) in [4.78, 5) is 0. The lowest BCUT2D eigenvalue weighted by Crippen LogP contribution is -2.09. The molecule has 1 fully saturated rings. The molecule has 1 saturated carbocycles. The van der Waals surface area contributed by atoms with E-state index in [0.29, 0.717) is 10.8 Å². The van der Waals surface area contributed by atoms with Gasteiger partial charge in [0.15, 0.2) is 0 Å². The predicted octanol–water partition coefficient (Wildman–Crippen LogP) is 7.15. The Balaban J connectivity index is 1.82. The number of hydrogen-bond donors (Lipinski definition) is 2. The molecule has 0 spiro atoms. The van der Waals surface area contributed by atoms with E-state index in [1.807, 2.05) is 6.07 Å². The fourth-order valence-electron chi connectivity index (χ4n) is 3.80. The van der Waals surface area contributed by atoms with Crippen LogP contribution in [0.25, 0.3) is 0 Å². The van der Waals surface area contributed by atoms with Crippen molar-refractivity contribution in [2.75, 3.05) is 0 Å². The molecule has 0 aromatic heterocycles. The molecule has 26 heavy (non-hydrogen) atoms. The highest BCUT2D eigenvalue weighted by Crippen LogP contribution is 2.49. The van der Waals surface area contributed by atoms with E-state index < -0.39 is 0 Å². The first-order valence-electron chi connectivity index (χ1n) is 10.8. The molecule has 2 heteroatoms. The number of hydrogen-bond acceptors (Lipinski definition) is 2. The van der Waals surface area contributed by atoms with Gasteiger partial charge < -0.3 is 10.2 Å². The molecule has 0 aliphatic heterocycles. The van der Waals surface area contributed by atoms with Gasteiger partial charge in [-0.05, 0) is 79.4 Å². The van der Waals surface area contributed by atoms with Crippen molar-refractivity contribution in [2.24, 2.45) is 10.8 Å². The Labute approximate surface area is 161 Å². The lowest BCUT2D eigenvalue weighted by atomic mass is 9.84. The second-order valence-corrected chi connectivity index (χ2v) is 9.70. The highest BCUT2D eigenvalue weighted by Gasteiger charge is 2.35. The van der Waals surface area contributed by atoms with Gasteiger partial charge in [0, 0.05) is 6.07 Å². The van der Waals surface area contributed by atoms with Crippen molar-refractivity contribution in [3.05, 3.63) is 23.3 Å². The molecule has 0 amide bonds. The molecule has 148 valence electrons. The summed E-state index contributed by atoms with van der Waals surface area (Å²) in [6.07, 6.45) is 14.5. The molecule has 2 rings (SSSR count). The van der Waals surface area contributed by atoms with Crippen LogP contribution in [0.3, 0.4) is 0 Å². The summed E-state index contributed by atoms with van der Waals surface area (Å²) < 4.78 is 0. The molecule has 0 radical (unpaired) electrons. The molecule has 0 heterocycles. The van der Waals surface area contributed by atoms with Gasteiger partial charge in [-0.2, -0.15) is 0 Å². The molecule has 1 aliphatic rings. The van der Waals surface area contributed by atoms with Crippen LogP contribution in [0.5, 0.6) is 11.5 Å². The minimum atomic E-state index is 0.191. The first-order chi connectivity index (χ1) is 12.2. The van der Waals surface area contributed by atoms with Gasteiger partial charge in [-0.15, -0.1) is 0 Å². The van der Waals surface area contributed by atoms with Crippen LogP contribution in [0.1, 0.15) is 103 Å². The monoisotopic (exact) mass is 360 g/mol. The van der Waals surface area contributed by atoms with E-state index in [-0.39, 0.29) is 11.5 Å². The smallest absolute Gasteiger partial charge is 0.122 e. The van der Waals surface area contributed by atoms with Crippen LogP contribution in [0, 0.1) is 10.8 Å². The van der Waals surface area contributed by atoms with Crippen molar-refractivity contribution in [3.63, 3.8) is 0 Å². The predicted molar refractivity (Wildman–Crippen MR) is 111 cm³/mol. The van der Waals surface area contributed by atoms with E-state index in [1.165, 1.54) is 57.4 Å². The number of phenolic OH excluding ortho intramolecular Hbond substituents is 2. The van der Waals surface area contributed by atoms with Crippen LogP contribution in [-0.2, 0) is 12.8 Å². The molecule has 1 aliphatic carbocycles. The SMILES string of the molecule is CCC(C)(C)CCCCc1cc(O)cc(O)c1CCCCCC1(C)CC1. The lowest BCUT2D eigenvalue weighted by Gasteiger charge is -2.22. The summed E-state index contributed by atoms with van der Waals surface area (Å²) in [7, 11) is 0. The first kappa shape index (κ1) is 21.1. The maximum absolute atomic E-state index is 10.3. The Kier molecular flexibility index (Phi) is 7.43. The van der Waals surface area contributed by atoms with Gasteiger partial charge in [-0.25, -0.2) is 0 Å². The number of benzene rings is 1. The van der Waals surface area contributed by atoms with E-state index in [4.69, 9.17) is 0 Å². The molecule has 1 aromatic rings. The van der Waals surface area contributed by atoms with Gasteiger partial charge in [0.25, 0.3) is 0 Å². The molecule has 2 N–H and O–H groups in total. The minimum absolute atomic E-state index is 0.191. The third-order valence-corrected chi connectivity index (χ3v) is 6.62. The molecular formula is C24H40O2. The largest absolute Gasteiger partial charge is 0.508 e. The Morgan fingerprint density at radius 1 is 0.962 bits per heavy atom. The van der Waals surface area contributed by atoms with Crippen molar-refractivity contribution in [2.45, 2.75) is 105 Å². The maximum atomic E-state index is 10.3. The van der Waals surface area contributed by atoms with Crippen LogP contribution in [0.4, 0.5) is 0 Å². The fourth-order valence-corrected chi connectivity index (χ4v) is 3.80. The topological polar surface area (TPSA) is 40.5 Å². The first-order valence-corrected chi connectivity index (χ1v) is 10.8. The van der Waals surface area contributed by atoms with Crippen LogP contribution >= 0.6 is 0 Å². The number of phenols is 2. The molecule has 2 nitrogen and oxygen atoms in total. The summed E-state index contributed by atoms with van der Waals surface area (Å²) in [5.74, 6) is 0.472. The lowest BCUT2D eigenvalue weighted by molar-refractivity contribution is 0.309. The second kappa shape index (κ2) is 9.15. The minimum Gasteiger partial charge on any atom is -0.508 e. The summed E-state index contributed by atoms with van der Waals surface area (Å²) >= 11 is 0. The zero-order valence-electron chi connectivity index (χ0n) is 17.5. The molecular weight excluding hydrogens is 320 g/mol. The van der Waals surface area contributed by atoms with E-state index in [9.17, 15) is 10.2 Å². The Morgan fingerprint density at radius 2 is 1.65 bits per heavy atom. The normalized spacial score (nSPS) is 16.0. The zero-order valence-corrected chi connectivity index (χ0v) is 17.5. The zero-order chi connectivity index (χ0) is 19.2. The third-order valence-electron chi connectivity index (χ3n) is 6.62. The van der Waals surface area contributed by atoms with Crippen molar-refractivity contribution < 1.29 is 10.2 Å². The van der Waals surface area contributed by atoms with Crippen LogP contribution < -0.4 is 0 Å². The van der Waals surface area contributed by atoms with E-state index in [2.05, 4.69) is 27.7 Å². The average Bonchev–Trinajstić information content (AvgIpc) is 3.30. The summed E-state index contributed by atoms with van der Waals surface area (Å²) in [5, 5.41) is 20.2. The van der Waals surface area contributed by atoms with Gasteiger partial charge in [-0.3, -0.25) is 0 Å². The number of aryl methyl sites for hydroxylation is 1.